The van der Waals surface area contributed by atoms with E-state index >= 15 is 0 Å². The summed E-state index contributed by atoms with van der Waals surface area (Å²) in [6, 6.07) is 13.1. The van der Waals surface area contributed by atoms with E-state index in [4.69, 9.17) is 14.2 Å². The summed E-state index contributed by atoms with van der Waals surface area (Å²) in [5, 5.41) is 14.9. The Labute approximate surface area is 192 Å². The van der Waals surface area contributed by atoms with Crippen LogP contribution in [0.1, 0.15) is 24.1 Å². The van der Waals surface area contributed by atoms with E-state index in [9.17, 15) is 4.79 Å². The Morgan fingerprint density at radius 3 is 2.71 bits per heavy atom. The highest BCUT2D eigenvalue weighted by molar-refractivity contribution is 14.1. The number of carbonyl (C=O) groups is 1. The molecule has 1 N–H and O–H groups in total. The SMILES string of the molecule is COC(=O)C1=C(C)Nc2nnnn2C1c1cc(I)c(OCc2ccccc2)c(OC)c1. The number of fused-ring (bicyclic) bond motifs is 1. The number of rotatable bonds is 6. The molecule has 0 saturated carbocycles. The minimum atomic E-state index is -0.579. The standard InChI is InChI=1S/C21H20IN5O4/c1-12-17(20(28)30-3)18(27-21(23-12)24-25-26-27)14-9-15(22)19(16(10-14)29-2)31-11-13-7-5-4-6-8-13/h4-10,18H,11H2,1-3H3,(H,23,24,26). The van der Waals surface area contributed by atoms with Crippen LogP contribution in [0.5, 0.6) is 11.5 Å². The third-order valence-corrected chi connectivity index (χ3v) is 5.71. The highest BCUT2D eigenvalue weighted by Crippen LogP contribution is 2.41. The first-order valence-electron chi connectivity index (χ1n) is 9.41. The molecule has 0 spiro atoms. The van der Waals surface area contributed by atoms with E-state index in [1.807, 2.05) is 42.5 Å². The second kappa shape index (κ2) is 8.92. The third-order valence-electron chi connectivity index (χ3n) is 4.91. The van der Waals surface area contributed by atoms with Crippen LogP contribution in [0.4, 0.5) is 5.95 Å². The predicted molar refractivity (Wildman–Crippen MR) is 121 cm³/mol. The van der Waals surface area contributed by atoms with Gasteiger partial charge in [-0.3, -0.25) is 0 Å². The smallest absolute Gasteiger partial charge is 0.338 e. The molecule has 9 nitrogen and oxygen atoms in total. The van der Waals surface area contributed by atoms with Gasteiger partial charge in [0.15, 0.2) is 11.5 Å². The molecule has 10 heteroatoms. The van der Waals surface area contributed by atoms with Gasteiger partial charge in [0.25, 0.3) is 0 Å². The molecule has 1 atom stereocenters. The molecule has 0 saturated heterocycles. The maximum absolute atomic E-state index is 12.6. The highest BCUT2D eigenvalue weighted by Gasteiger charge is 2.35. The van der Waals surface area contributed by atoms with Crippen LogP contribution in [0.3, 0.4) is 0 Å². The summed E-state index contributed by atoms with van der Waals surface area (Å²) in [7, 11) is 2.93. The van der Waals surface area contributed by atoms with Crippen molar-refractivity contribution in [2.45, 2.75) is 19.6 Å². The van der Waals surface area contributed by atoms with Gasteiger partial charge >= 0.3 is 5.97 Å². The van der Waals surface area contributed by atoms with Gasteiger partial charge in [0.1, 0.15) is 12.6 Å². The summed E-state index contributed by atoms with van der Waals surface area (Å²) >= 11 is 2.20. The average Bonchev–Trinajstić information content (AvgIpc) is 3.25. The lowest BCUT2D eigenvalue weighted by Crippen LogP contribution is -2.29. The number of hydrogen-bond donors (Lipinski definition) is 1. The van der Waals surface area contributed by atoms with Gasteiger partial charge in [-0.05, 0) is 63.2 Å². The molecule has 1 aliphatic rings. The highest BCUT2D eigenvalue weighted by atomic mass is 127. The molecule has 0 aliphatic carbocycles. The topological polar surface area (TPSA) is 100 Å². The van der Waals surface area contributed by atoms with Crippen LogP contribution >= 0.6 is 22.6 Å². The summed E-state index contributed by atoms with van der Waals surface area (Å²) in [4.78, 5) is 12.6. The number of hydrogen-bond acceptors (Lipinski definition) is 8. The fourth-order valence-electron chi connectivity index (χ4n) is 3.46. The van der Waals surface area contributed by atoms with E-state index in [-0.39, 0.29) is 0 Å². The number of benzene rings is 2. The van der Waals surface area contributed by atoms with Gasteiger partial charge in [0.05, 0.1) is 23.4 Å². The van der Waals surface area contributed by atoms with E-state index in [0.29, 0.717) is 35.3 Å². The van der Waals surface area contributed by atoms with Gasteiger partial charge in [-0.1, -0.05) is 35.4 Å². The summed E-state index contributed by atoms with van der Waals surface area (Å²) in [5.41, 5.74) is 2.85. The Bertz CT molecular complexity index is 1150. The van der Waals surface area contributed by atoms with Crippen LogP contribution < -0.4 is 14.8 Å². The summed E-state index contributed by atoms with van der Waals surface area (Å²) in [6.45, 7) is 2.19. The van der Waals surface area contributed by atoms with Crippen molar-refractivity contribution in [1.82, 2.24) is 20.2 Å². The van der Waals surface area contributed by atoms with Crippen molar-refractivity contribution in [2.24, 2.45) is 0 Å². The first kappa shape index (κ1) is 21.1. The average molecular weight is 533 g/mol. The van der Waals surface area contributed by atoms with Gasteiger partial charge < -0.3 is 19.5 Å². The Morgan fingerprint density at radius 2 is 2.00 bits per heavy atom. The first-order chi connectivity index (χ1) is 15.0. The number of nitrogens with zero attached hydrogens (tertiary/aromatic N) is 4. The van der Waals surface area contributed by atoms with Crippen molar-refractivity contribution in [2.75, 3.05) is 19.5 Å². The number of halogens is 1. The quantitative estimate of drug-likeness (QED) is 0.381. The van der Waals surface area contributed by atoms with Crippen LogP contribution in [0.15, 0.2) is 53.7 Å². The van der Waals surface area contributed by atoms with Crippen LogP contribution in [-0.2, 0) is 16.1 Å². The molecule has 31 heavy (non-hydrogen) atoms. The number of tetrazole rings is 1. The number of esters is 1. The lowest BCUT2D eigenvalue weighted by Gasteiger charge is -2.27. The van der Waals surface area contributed by atoms with Gasteiger partial charge in [0.2, 0.25) is 5.95 Å². The minimum absolute atomic E-state index is 0.406. The zero-order chi connectivity index (χ0) is 22.0. The van der Waals surface area contributed by atoms with Gasteiger partial charge in [0, 0.05) is 5.70 Å². The van der Waals surface area contributed by atoms with Gasteiger partial charge in [-0.25, -0.2) is 4.79 Å². The Morgan fingerprint density at radius 1 is 1.23 bits per heavy atom. The molecule has 0 amide bonds. The van der Waals surface area contributed by atoms with E-state index in [2.05, 4.69) is 43.4 Å². The van der Waals surface area contributed by atoms with Crippen molar-refractivity contribution in [3.05, 3.63) is 68.4 Å². The Kier molecular flexibility index (Phi) is 6.07. The molecule has 4 rings (SSSR count). The zero-order valence-electron chi connectivity index (χ0n) is 17.1. The number of nitrogens with one attached hydrogen (secondary N) is 1. The molecular weight excluding hydrogens is 513 g/mol. The fraction of sp³-hybridized carbons (Fsp3) is 0.238. The van der Waals surface area contributed by atoms with Crippen LogP contribution in [0, 0.1) is 3.57 Å². The molecule has 0 bridgehead atoms. The van der Waals surface area contributed by atoms with E-state index in [1.165, 1.54) is 7.11 Å². The second-order valence-corrected chi connectivity index (χ2v) is 7.98. The molecule has 160 valence electrons. The number of methoxy groups -OCH3 is 2. The second-order valence-electron chi connectivity index (χ2n) is 6.81. The molecule has 1 unspecified atom stereocenters. The molecule has 1 aromatic heterocycles. The van der Waals surface area contributed by atoms with E-state index in [0.717, 1.165) is 14.7 Å². The minimum Gasteiger partial charge on any atom is -0.493 e. The molecule has 2 heterocycles. The molecular formula is C21H20IN5O4. The number of ether oxygens (including phenoxy) is 3. The van der Waals surface area contributed by atoms with Crippen molar-refractivity contribution < 1.29 is 19.0 Å². The summed E-state index contributed by atoms with van der Waals surface area (Å²) in [5.74, 6) is 1.15. The first-order valence-corrected chi connectivity index (χ1v) is 10.5. The predicted octanol–water partition coefficient (Wildman–Crippen LogP) is 3.33. The normalized spacial score (nSPS) is 15.2. The lowest BCUT2D eigenvalue weighted by atomic mass is 9.95. The maximum atomic E-state index is 12.6. The molecule has 0 fully saturated rings. The third kappa shape index (κ3) is 4.07. The van der Waals surface area contributed by atoms with Crippen LogP contribution in [0.25, 0.3) is 0 Å². The van der Waals surface area contributed by atoms with Crippen molar-refractivity contribution in [3.63, 3.8) is 0 Å². The number of carbonyl (C=O) groups excluding carboxylic acids is 1. The van der Waals surface area contributed by atoms with Crippen molar-refractivity contribution in [3.8, 4) is 11.5 Å². The monoisotopic (exact) mass is 533 g/mol. The fourth-order valence-corrected chi connectivity index (χ4v) is 4.24. The van der Waals surface area contributed by atoms with E-state index < -0.39 is 12.0 Å². The van der Waals surface area contributed by atoms with Crippen molar-refractivity contribution >= 4 is 34.5 Å². The molecule has 3 aromatic rings. The van der Waals surface area contributed by atoms with Crippen LogP contribution in [0.2, 0.25) is 0 Å². The van der Waals surface area contributed by atoms with Crippen molar-refractivity contribution in [1.29, 1.82) is 0 Å². The molecule has 1 aliphatic heterocycles. The number of allylic oxidation sites excluding steroid dienone is 1. The number of anilines is 1. The molecule has 2 aromatic carbocycles. The Balaban J connectivity index is 1.75. The largest absolute Gasteiger partial charge is 0.493 e. The maximum Gasteiger partial charge on any atom is 0.338 e. The summed E-state index contributed by atoms with van der Waals surface area (Å²) < 4.78 is 19.1. The molecule has 0 radical (unpaired) electrons. The lowest BCUT2D eigenvalue weighted by molar-refractivity contribution is -0.136. The van der Waals surface area contributed by atoms with Gasteiger partial charge in [-0.15, -0.1) is 0 Å². The Hall–Kier alpha value is -3.15. The van der Waals surface area contributed by atoms with E-state index in [1.54, 1.807) is 18.7 Å². The zero-order valence-corrected chi connectivity index (χ0v) is 19.3. The van der Waals surface area contributed by atoms with Gasteiger partial charge in [-0.2, -0.15) is 4.68 Å². The van der Waals surface area contributed by atoms with Crippen LogP contribution in [-0.4, -0.2) is 40.4 Å². The number of aromatic nitrogens is 4. The summed E-state index contributed by atoms with van der Waals surface area (Å²) in [6.07, 6.45) is 0.